The van der Waals surface area contributed by atoms with Gasteiger partial charge in [-0.2, -0.15) is 0 Å². The highest BCUT2D eigenvalue weighted by Crippen LogP contribution is 2.16. The van der Waals surface area contributed by atoms with Gasteiger partial charge in [-0.25, -0.2) is 13.1 Å². The molecule has 0 unspecified atom stereocenters. The first-order valence-electron chi connectivity index (χ1n) is 8.03. The summed E-state index contributed by atoms with van der Waals surface area (Å²) < 4.78 is 32.0. The molecule has 2 aromatic rings. The lowest BCUT2D eigenvalue weighted by molar-refractivity contribution is 0.409. The van der Waals surface area contributed by atoms with Crippen LogP contribution in [0.25, 0.3) is 0 Å². The van der Waals surface area contributed by atoms with Gasteiger partial charge in [-0.15, -0.1) is 24.0 Å². The number of methoxy groups -OCH3 is 1. The van der Waals surface area contributed by atoms with Crippen LogP contribution < -0.4 is 20.1 Å². The van der Waals surface area contributed by atoms with E-state index >= 15 is 0 Å². The van der Waals surface area contributed by atoms with Gasteiger partial charge in [-0.3, -0.25) is 9.98 Å². The normalized spacial score (nSPS) is 11.4. The van der Waals surface area contributed by atoms with Crippen LogP contribution in [0.4, 0.5) is 0 Å². The van der Waals surface area contributed by atoms with Crippen LogP contribution in [0.5, 0.6) is 5.75 Å². The van der Waals surface area contributed by atoms with Crippen molar-refractivity contribution in [2.45, 2.75) is 11.4 Å². The second kappa shape index (κ2) is 11.7. The Bertz CT molecular complexity index is 831. The van der Waals surface area contributed by atoms with Gasteiger partial charge >= 0.3 is 0 Å². The number of ether oxygens (including phenoxy) is 1. The molecule has 0 saturated carbocycles. The monoisotopic (exact) mass is 505 g/mol. The molecule has 0 fully saturated rings. The first kappa shape index (κ1) is 23.1. The number of sulfonamides is 1. The fourth-order valence-electron chi connectivity index (χ4n) is 2.20. The predicted octanol–water partition coefficient (Wildman–Crippen LogP) is 1.35. The Hall–Kier alpha value is -1.92. The fraction of sp³-hybridized carbons (Fsp3) is 0.294. The van der Waals surface area contributed by atoms with E-state index in [0.29, 0.717) is 19.0 Å². The Morgan fingerprint density at radius 2 is 1.93 bits per heavy atom. The van der Waals surface area contributed by atoms with E-state index in [4.69, 9.17) is 4.74 Å². The average Bonchev–Trinajstić information content (AvgIpc) is 2.68. The number of rotatable bonds is 8. The Morgan fingerprint density at radius 3 is 2.59 bits per heavy atom. The van der Waals surface area contributed by atoms with Crippen LogP contribution in [0.1, 0.15) is 5.56 Å². The molecule has 0 aliphatic carbocycles. The maximum Gasteiger partial charge on any atom is 0.242 e. The zero-order valence-electron chi connectivity index (χ0n) is 15.2. The van der Waals surface area contributed by atoms with Crippen molar-refractivity contribution in [3.63, 3.8) is 0 Å². The molecular weight excluding hydrogens is 481 g/mol. The van der Waals surface area contributed by atoms with Gasteiger partial charge in [-0.1, -0.05) is 18.2 Å². The Balaban J connectivity index is 0.00000364. The second-order valence-electron chi connectivity index (χ2n) is 5.25. The summed E-state index contributed by atoms with van der Waals surface area (Å²) in [5.41, 5.74) is 0.996. The van der Waals surface area contributed by atoms with Crippen LogP contribution in [0.15, 0.2) is 58.7 Å². The van der Waals surface area contributed by atoms with E-state index in [1.807, 2.05) is 24.3 Å². The summed E-state index contributed by atoms with van der Waals surface area (Å²) in [6, 6.07) is 10.8. The van der Waals surface area contributed by atoms with Crippen LogP contribution in [0.2, 0.25) is 0 Å². The summed E-state index contributed by atoms with van der Waals surface area (Å²) in [6.07, 6.45) is 2.83. The third-order valence-electron chi connectivity index (χ3n) is 3.52. The van der Waals surface area contributed by atoms with Gasteiger partial charge in [0.2, 0.25) is 10.0 Å². The zero-order chi connectivity index (χ0) is 18.8. The van der Waals surface area contributed by atoms with Gasteiger partial charge in [-0.05, 0) is 18.2 Å². The molecule has 0 saturated heterocycles. The summed E-state index contributed by atoms with van der Waals surface area (Å²) in [7, 11) is -0.283. The van der Waals surface area contributed by atoms with E-state index in [1.165, 1.54) is 18.5 Å². The number of nitrogens with zero attached hydrogens (tertiary/aromatic N) is 2. The van der Waals surface area contributed by atoms with Crippen molar-refractivity contribution in [2.24, 2.45) is 4.99 Å². The molecule has 0 bridgehead atoms. The molecule has 0 aliphatic rings. The molecule has 0 aliphatic heterocycles. The van der Waals surface area contributed by atoms with E-state index < -0.39 is 10.0 Å². The van der Waals surface area contributed by atoms with Crippen molar-refractivity contribution >= 4 is 40.0 Å². The number of aromatic nitrogens is 1. The Kier molecular flexibility index (Phi) is 10.0. The highest BCUT2D eigenvalue weighted by molar-refractivity contribution is 14.0. The highest BCUT2D eigenvalue weighted by atomic mass is 127. The van der Waals surface area contributed by atoms with E-state index in [9.17, 15) is 8.42 Å². The molecule has 27 heavy (non-hydrogen) atoms. The molecule has 1 aromatic carbocycles. The lowest BCUT2D eigenvalue weighted by Gasteiger charge is -2.14. The standard InChI is InChI=1S/C17H23N5O3S.HI/c1-18-17(21-12-14-6-3-4-8-16(14)25-2)20-10-11-22-26(23,24)15-7-5-9-19-13-15;/h3-9,13,22H,10-12H2,1-2H3,(H2,18,20,21);1H. The predicted molar refractivity (Wildman–Crippen MR) is 116 cm³/mol. The third kappa shape index (κ3) is 7.31. The molecule has 8 nitrogen and oxygen atoms in total. The highest BCUT2D eigenvalue weighted by Gasteiger charge is 2.12. The summed E-state index contributed by atoms with van der Waals surface area (Å²) in [5.74, 6) is 1.36. The minimum atomic E-state index is -3.56. The molecule has 3 N–H and O–H groups in total. The number of pyridine rings is 1. The fourth-order valence-corrected chi connectivity index (χ4v) is 3.20. The van der Waals surface area contributed by atoms with Crippen LogP contribution in [0.3, 0.4) is 0 Å². The lowest BCUT2D eigenvalue weighted by Crippen LogP contribution is -2.41. The van der Waals surface area contributed by atoms with Crippen molar-refractivity contribution < 1.29 is 13.2 Å². The summed E-state index contributed by atoms with van der Waals surface area (Å²) in [5, 5.41) is 6.22. The van der Waals surface area contributed by atoms with Gasteiger partial charge in [0, 0.05) is 44.6 Å². The van der Waals surface area contributed by atoms with Crippen molar-refractivity contribution in [1.29, 1.82) is 0 Å². The quantitative estimate of drug-likeness (QED) is 0.217. The molecule has 10 heteroatoms. The van der Waals surface area contributed by atoms with Crippen LogP contribution in [-0.4, -0.2) is 46.6 Å². The van der Waals surface area contributed by atoms with Crippen LogP contribution >= 0.6 is 24.0 Å². The smallest absolute Gasteiger partial charge is 0.242 e. The van der Waals surface area contributed by atoms with E-state index in [1.54, 1.807) is 20.2 Å². The molecular formula is C17H24IN5O3S. The van der Waals surface area contributed by atoms with Gasteiger partial charge in [0.05, 0.1) is 7.11 Å². The summed E-state index contributed by atoms with van der Waals surface area (Å²) in [4.78, 5) is 8.07. The SMILES string of the molecule is CN=C(NCCNS(=O)(=O)c1cccnc1)NCc1ccccc1OC.I. The van der Waals surface area contributed by atoms with Crippen molar-refractivity contribution in [3.8, 4) is 5.75 Å². The van der Waals surface area contributed by atoms with Gasteiger partial charge in [0.1, 0.15) is 10.6 Å². The lowest BCUT2D eigenvalue weighted by atomic mass is 10.2. The Labute approximate surface area is 176 Å². The number of nitrogens with one attached hydrogen (secondary N) is 3. The number of aliphatic imine (C=N–C) groups is 1. The van der Waals surface area contributed by atoms with E-state index in [0.717, 1.165) is 11.3 Å². The van der Waals surface area contributed by atoms with Crippen molar-refractivity contribution in [3.05, 3.63) is 54.4 Å². The van der Waals surface area contributed by atoms with Gasteiger partial charge in [0.15, 0.2) is 5.96 Å². The second-order valence-corrected chi connectivity index (χ2v) is 7.02. The minimum absolute atomic E-state index is 0. The number of benzene rings is 1. The molecule has 0 radical (unpaired) electrons. The summed E-state index contributed by atoms with van der Waals surface area (Å²) >= 11 is 0. The topological polar surface area (TPSA) is 105 Å². The number of halogens is 1. The first-order valence-corrected chi connectivity index (χ1v) is 9.51. The number of hydrogen-bond acceptors (Lipinski definition) is 5. The molecule has 0 spiro atoms. The largest absolute Gasteiger partial charge is 0.496 e. The van der Waals surface area contributed by atoms with Crippen molar-refractivity contribution in [1.82, 2.24) is 20.3 Å². The van der Waals surface area contributed by atoms with Crippen LogP contribution in [-0.2, 0) is 16.6 Å². The molecule has 1 aromatic heterocycles. The maximum absolute atomic E-state index is 12.1. The minimum Gasteiger partial charge on any atom is -0.496 e. The Morgan fingerprint density at radius 1 is 1.15 bits per heavy atom. The molecule has 0 amide bonds. The zero-order valence-corrected chi connectivity index (χ0v) is 18.3. The van der Waals surface area contributed by atoms with Gasteiger partial charge in [0.25, 0.3) is 0 Å². The molecule has 1 heterocycles. The van der Waals surface area contributed by atoms with Gasteiger partial charge < -0.3 is 15.4 Å². The van der Waals surface area contributed by atoms with E-state index in [-0.39, 0.29) is 35.4 Å². The third-order valence-corrected chi connectivity index (χ3v) is 4.96. The first-order chi connectivity index (χ1) is 12.6. The summed E-state index contributed by atoms with van der Waals surface area (Å²) in [6.45, 7) is 1.13. The number of hydrogen-bond donors (Lipinski definition) is 3. The maximum atomic E-state index is 12.1. The molecule has 0 atom stereocenters. The van der Waals surface area contributed by atoms with Crippen molar-refractivity contribution in [2.75, 3.05) is 27.2 Å². The average molecular weight is 505 g/mol. The molecule has 2 rings (SSSR count). The molecule has 148 valence electrons. The van der Waals surface area contributed by atoms with E-state index in [2.05, 4.69) is 25.3 Å². The number of para-hydroxylation sites is 1. The number of guanidine groups is 1. The van der Waals surface area contributed by atoms with Crippen LogP contribution in [0, 0.1) is 0 Å².